The maximum atomic E-state index is 12.3. The van der Waals surface area contributed by atoms with Crippen LogP contribution in [0.3, 0.4) is 0 Å². The Hall–Kier alpha value is -1.62. The molecule has 0 unspecified atom stereocenters. The van der Waals surface area contributed by atoms with E-state index in [0.717, 1.165) is 32.1 Å². The molecule has 22 heavy (non-hydrogen) atoms. The summed E-state index contributed by atoms with van der Waals surface area (Å²) in [5, 5.41) is 12.2. The first kappa shape index (κ1) is 15.3. The van der Waals surface area contributed by atoms with Crippen molar-refractivity contribution >= 4 is 5.91 Å². The molecule has 0 bridgehead atoms. The molecule has 1 aromatic heterocycles. The van der Waals surface area contributed by atoms with Crippen LogP contribution in [0.5, 0.6) is 5.88 Å². The van der Waals surface area contributed by atoms with Crippen LogP contribution in [-0.4, -0.2) is 35.3 Å². The minimum absolute atomic E-state index is 0.0925. The van der Waals surface area contributed by atoms with E-state index in [4.69, 9.17) is 9.84 Å². The van der Waals surface area contributed by atoms with Gasteiger partial charge in [-0.15, -0.1) is 0 Å². The molecule has 2 fully saturated rings. The monoisotopic (exact) mass is 304 g/mol. The van der Waals surface area contributed by atoms with E-state index in [0.29, 0.717) is 18.0 Å². The number of aliphatic hydroxyl groups is 1. The second-order valence-corrected chi connectivity index (χ2v) is 6.56. The van der Waals surface area contributed by atoms with Crippen LogP contribution < -0.4 is 10.1 Å². The summed E-state index contributed by atoms with van der Waals surface area (Å²) in [4.78, 5) is 16.5. The van der Waals surface area contributed by atoms with Gasteiger partial charge in [0.05, 0.1) is 0 Å². The van der Waals surface area contributed by atoms with Crippen molar-refractivity contribution in [2.45, 2.75) is 51.0 Å². The van der Waals surface area contributed by atoms with E-state index in [9.17, 15) is 4.79 Å². The van der Waals surface area contributed by atoms with E-state index in [1.807, 2.05) is 0 Å². The van der Waals surface area contributed by atoms with Crippen molar-refractivity contribution in [1.82, 2.24) is 10.3 Å². The molecule has 3 rings (SSSR count). The van der Waals surface area contributed by atoms with Gasteiger partial charge in [0.2, 0.25) is 5.88 Å². The van der Waals surface area contributed by atoms with Crippen LogP contribution in [0.1, 0.15) is 55.3 Å². The van der Waals surface area contributed by atoms with Gasteiger partial charge in [-0.2, -0.15) is 0 Å². The average Bonchev–Trinajstić information content (AvgIpc) is 2.45. The maximum Gasteiger partial charge on any atom is 0.251 e. The number of pyridine rings is 1. The van der Waals surface area contributed by atoms with E-state index in [1.165, 1.54) is 12.8 Å². The van der Waals surface area contributed by atoms with E-state index in [1.54, 1.807) is 18.3 Å². The van der Waals surface area contributed by atoms with Crippen molar-refractivity contribution in [3.05, 3.63) is 23.9 Å². The smallest absolute Gasteiger partial charge is 0.251 e. The fraction of sp³-hybridized carbons (Fsp3) is 0.647. The lowest BCUT2D eigenvalue weighted by Crippen LogP contribution is -2.42. The molecule has 0 saturated heterocycles. The number of nitrogens with one attached hydrogen (secondary N) is 1. The zero-order valence-corrected chi connectivity index (χ0v) is 12.9. The Balaban J connectivity index is 1.56. The number of aromatic nitrogens is 1. The molecule has 2 aliphatic carbocycles. The highest BCUT2D eigenvalue weighted by Crippen LogP contribution is 2.43. The van der Waals surface area contributed by atoms with Crippen LogP contribution in [0, 0.1) is 5.41 Å². The molecule has 2 N–H and O–H groups in total. The van der Waals surface area contributed by atoms with Crippen LogP contribution >= 0.6 is 0 Å². The van der Waals surface area contributed by atoms with Gasteiger partial charge in [0.25, 0.3) is 5.91 Å². The largest absolute Gasteiger partial charge is 0.474 e. The number of rotatable bonds is 7. The van der Waals surface area contributed by atoms with Gasteiger partial charge in [-0.05, 0) is 50.0 Å². The van der Waals surface area contributed by atoms with Gasteiger partial charge in [0.15, 0.2) is 0 Å². The number of ether oxygens (including phenoxy) is 1. The lowest BCUT2D eigenvalue weighted by Gasteiger charge is -2.41. The Kier molecular flexibility index (Phi) is 4.62. The van der Waals surface area contributed by atoms with Gasteiger partial charge in [-0.1, -0.05) is 6.42 Å². The number of nitrogens with zero attached hydrogens (tertiary/aromatic N) is 1. The van der Waals surface area contributed by atoms with Crippen molar-refractivity contribution < 1.29 is 14.6 Å². The lowest BCUT2D eigenvalue weighted by molar-refractivity contribution is 0.0731. The predicted molar refractivity (Wildman–Crippen MR) is 82.8 cm³/mol. The normalized spacial score (nSPS) is 19.9. The predicted octanol–water partition coefficient (Wildman–Crippen LogP) is 2.30. The third-order valence-electron chi connectivity index (χ3n) is 5.02. The molecule has 1 amide bonds. The summed E-state index contributed by atoms with van der Waals surface area (Å²) in [7, 11) is 0. The maximum absolute atomic E-state index is 12.3. The Bertz CT molecular complexity index is 524. The van der Waals surface area contributed by atoms with E-state index < -0.39 is 0 Å². The Morgan fingerprint density at radius 1 is 1.41 bits per heavy atom. The molecule has 2 aliphatic rings. The molecule has 5 heteroatoms. The molecule has 0 spiro atoms. The number of carbonyl (C=O) groups excluding carboxylic acids is 1. The highest BCUT2D eigenvalue weighted by Gasteiger charge is 2.36. The minimum Gasteiger partial charge on any atom is -0.474 e. The van der Waals surface area contributed by atoms with Crippen molar-refractivity contribution in [2.24, 2.45) is 5.41 Å². The first-order chi connectivity index (χ1) is 10.7. The van der Waals surface area contributed by atoms with Crippen molar-refractivity contribution in [2.75, 3.05) is 13.2 Å². The molecule has 2 saturated carbocycles. The fourth-order valence-electron chi connectivity index (χ4n) is 3.07. The summed E-state index contributed by atoms with van der Waals surface area (Å²) in [6.45, 7) is 0.817. The van der Waals surface area contributed by atoms with Crippen LogP contribution in [0.4, 0.5) is 0 Å². The quantitative estimate of drug-likeness (QED) is 0.811. The highest BCUT2D eigenvalue weighted by molar-refractivity contribution is 5.94. The first-order valence-electron chi connectivity index (χ1n) is 8.23. The second-order valence-electron chi connectivity index (χ2n) is 6.56. The summed E-state index contributed by atoms with van der Waals surface area (Å²) in [5.41, 5.74) is 0.686. The summed E-state index contributed by atoms with van der Waals surface area (Å²) in [6.07, 6.45) is 9.34. The van der Waals surface area contributed by atoms with Gasteiger partial charge in [0, 0.05) is 31.0 Å². The van der Waals surface area contributed by atoms with Gasteiger partial charge in [-0.25, -0.2) is 4.98 Å². The van der Waals surface area contributed by atoms with Crippen LogP contribution in [-0.2, 0) is 0 Å². The SMILES string of the molecule is O=C(NCC1(CCO)CCC1)c1ccnc(OC2CCC2)c1. The van der Waals surface area contributed by atoms with Crippen molar-refractivity contribution in [3.63, 3.8) is 0 Å². The number of hydrogen-bond acceptors (Lipinski definition) is 4. The topological polar surface area (TPSA) is 71.5 Å². The second kappa shape index (κ2) is 6.65. The molecular formula is C17H24N2O3. The number of hydrogen-bond donors (Lipinski definition) is 2. The zero-order valence-electron chi connectivity index (χ0n) is 12.9. The molecule has 5 nitrogen and oxygen atoms in total. The van der Waals surface area contributed by atoms with Gasteiger partial charge < -0.3 is 15.2 Å². The van der Waals surface area contributed by atoms with Gasteiger partial charge >= 0.3 is 0 Å². The van der Waals surface area contributed by atoms with E-state index in [2.05, 4.69) is 10.3 Å². The van der Waals surface area contributed by atoms with Gasteiger partial charge in [0.1, 0.15) is 6.10 Å². The van der Waals surface area contributed by atoms with Crippen LogP contribution in [0.15, 0.2) is 18.3 Å². The van der Waals surface area contributed by atoms with Crippen LogP contribution in [0.25, 0.3) is 0 Å². The van der Waals surface area contributed by atoms with Gasteiger partial charge in [-0.3, -0.25) is 4.79 Å². The summed E-state index contributed by atoms with van der Waals surface area (Å²) in [5.74, 6) is 0.441. The minimum atomic E-state index is -0.0925. The van der Waals surface area contributed by atoms with Crippen molar-refractivity contribution in [1.29, 1.82) is 0 Å². The van der Waals surface area contributed by atoms with E-state index >= 15 is 0 Å². The van der Waals surface area contributed by atoms with E-state index in [-0.39, 0.29) is 24.0 Å². The molecule has 1 aromatic rings. The van der Waals surface area contributed by atoms with Crippen LogP contribution in [0.2, 0.25) is 0 Å². The average molecular weight is 304 g/mol. The molecule has 0 aromatic carbocycles. The zero-order chi connectivity index (χ0) is 15.4. The lowest BCUT2D eigenvalue weighted by atomic mass is 9.67. The molecule has 1 heterocycles. The molecule has 0 radical (unpaired) electrons. The summed E-state index contributed by atoms with van der Waals surface area (Å²) >= 11 is 0. The Morgan fingerprint density at radius 3 is 2.82 bits per heavy atom. The third kappa shape index (κ3) is 3.40. The Morgan fingerprint density at radius 2 is 2.23 bits per heavy atom. The Labute approximate surface area is 131 Å². The third-order valence-corrected chi connectivity index (χ3v) is 5.02. The molecule has 0 atom stereocenters. The standard InChI is InChI=1S/C17H24N2O3/c20-10-8-17(6-2-7-17)12-19-16(21)13-5-9-18-15(11-13)22-14-3-1-4-14/h5,9,11,14,20H,1-4,6-8,10,12H2,(H,19,21). The number of carbonyl (C=O) groups is 1. The van der Waals surface area contributed by atoms with Crippen molar-refractivity contribution in [3.8, 4) is 5.88 Å². The highest BCUT2D eigenvalue weighted by atomic mass is 16.5. The first-order valence-corrected chi connectivity index (χ1v) is 8.23. The number of aliphatic hydroxyl groups excluding tert-OH is 1. The molecule has 120 valence electrons. The molecular weight excluding hydrogens is 280 g/mol. The number of amides is 1. The fourth-order valence-corrected chi connectivity index (χ4v) is 3.07. The summed E-state index contributed by atoms with van der Waals surface area (Å²) in [6, 6.07) is 3.43. The molecule has 0 aliphatic heterocycles. The summed E-state index contributed by atoms with van der Waals surface area (Å²) < 4.78 is 5.73.